The van der Waals surface area contributed by atoms with Crippen molar-refractivity contribution in [3.63, 3.8) is 0 Å². The molecule has 0 aliphatic rings. The Labute approximate surface area is 110 Å². The third-order valence-corrected chi connectivity index (χ3v) is 2.69. The molecule has 6 heteroatoms. The van der Waals surface area contributed by atoms with Crippen molar-refractivity contribution in [2.75, 3.05) is 12.5 Å². The maximum absolute atomic E-state index is 6.13. The highest BCUT2D eigenvalue weighted by Crippen LogP contribution is 2.35. The first kappa shape index (κ1) is 13.8. The van der Waals surface area contributed by atoms with E-state index in [9.17, 15) is 0 Å². The molecular weight excluding hydrogens is 261 g/mol. The van der Waals surface area contributed by atoms with Gasteiger partial charge < -0.3 is 10.2 Å². The fraction of sp³-hybridized carbons (Fsp3) is 0.182. The van der Waals surface area contributed by atoms with Gasteiger partial charge in [0.15, 0.2) is 0 Å². The van der Waals surface area contributed by atoms with E-state index in [2.05, 4.69) is 10.4 Å². The summed E-state index contributed by atoms with van der Waals surface area (Å²) in [5, 5.41) is 1.37. The summed E-state index contributed by atoms with van der Waals surface area (Å²) >= 11 is 6.13. The fourth-order valence-electron chi connectivity index (χ4n) is 1.68. The van der Waals surface area contributed by atoms with Crippen LogP contribution in [0.4, 0.5) is 5.69 Å². The Balaban J connectivity index is 0.00000144. The van der Waals surface area contributed by atoms with Crippen molar-refractivity contribution >= 4 is 40.6 Å². The van der Waals surface area contributed by atoms with Crippen LogP contribution in [0.3, 0.4) is 0 Å². The molecule has 17 heavy (non-hydrogen) atoms. The SMILES string of the molecule is COc1ccc(Cl)c2c(NN)cc(C)nc12.Cl. The van der Waals surface area contributed by atoms with Gasteiger partial charge in [0.2, 0.25) is 0 Å². The zero-order valence-electron chi connectivity index (χ0n) is 9.45. The number of nitrogens with zero attached hydrogens (tertiary/aromatic N) is 1. The van der Waals surface area contributed by atoms with Crippen molar-refractivity contribution in [3.8, 4) is 5.75 Å². The molecule has 4 nitrogen and oxygen atoms in total. The molecule has 0 radical (unpaired) electrons. The summed E-state index contributed by atoms with van der Waals surface area (Å²) in [5.41, 5.74) is 4.92. The van der Waals surface area contributed by atoms with Crippen LogP contribution < -0.4 is 16.0 Å². The first-order valence-corrected chi connectivity index (χ1v) is 5.15. The second kappa shape index (κ2) is 5.40. The number of methoxy groups -OCH3 is 1. The number of nitrogens with two attached hydrogens (primary N) is 1. The maximum atomic E-state index is 6.13. The van der Waals surface area contributed by atoms with Gasteiger partial charge in [-0.05, 0) is 25.1 Å². The van der Waals surface area contributed by atoms with Crippen LogP contribution in [-0.2, 0) is 0 Å². The molecule has 0 saturated carbocycles. The highest BCUT2D eigenvalue weighted by atomic mass is 35.5. The number of ether oxygens (including phenoxy) is 1. The van der Waals surface area contributed by atoms with Crippen LogP contribution in [0.15, 0.2) is 18.2 Å². The topological polar surface area (TPSA) is 60.2 Å². The van der Waals surface area contributed by atoms with Gasteiger partial charge in [0.1, 0.15) is 11.3 Å². The molecule has 1 aromatic carbocycles. The van der Waals surface area contributed by atoms with Gasteiger partial charge in [-0.15, -0.1) is 12.4 Å². The van der Waals surface area contributed by atoms with Crippen molar-refractivity contribution in [2.24, 2.45) is 5.84 Å². The molecule has 1 aromatic heterocycles. The minimum atomic E-state index is 0. The molecule has 0 saturated heterocycles. The number of halogens is 2. The molecule has 0 fully saturated rings. The van der Waals surface area contributed by atoms with Crippen LogP contribution >= 0.6 is 24.0 Å². The van der Waals surface area contributed by atoms with Crippen molar-refractivity contribution in [2.45, 2.75) is 6.92 Å². The van der Waals surface area contributed by atoms with Crippen molar-refractivity contribution < 1.29 is 4.74 Å². The summed E-state index contributed by atoms with van der Waals surface area (Å²) in [5.74, 6) is 6.15. The van der Waals surface area contributed by atoms with E-state index in [1.807, 2.05) is 13.0 Å². The van der Waals surface area contributed by atoms with Gasteiger partial charge in [0.25, 0.3) is 0 Å². The number of hydrogen-bond acceptors (Lipinski definition) is 4. The fourth-order valence-corrected chi connectivity index (χ4v) is 1.94. The van der Waals surface area contributed by atoms with Crippen LogP contribution in [0.25, 0.3) is 10.9 Å². The van der Waals surface area contributed by atoms with E-state index in [1.54, 1.807) is 19.2 Å². The Morgan fingerprint density at radius 1 is 1.41 bits per heavy atom. The molecule has 0 aliphatic carbocycles. The van der Waals surface area contributed by atoms with Crippen LogP contribution in [0.2, 0.25) is 5.02 Å². The molecular formula is C11H13Cl2N3O. The van der Waals surface area contributed by atoms with E-state index < -0.39 is 0 Å². The maximum Gasteiger partial charge on any atom is 0.145 e. The number of nitrogen functional groups attached to an aromatic ring is 1. The number of benzene rings is 1. The van der Waals surface area contributed by atoms with Crippen molar-refractivity contribution in [1.29, 1.82) is 0 Å². The first-order valence-electron chi connectivity index (χ1n) is 4.78. The summed E-state index contributed by atoms with van der Waals surface area (Å²) in [4.78, 5) is 4.41. The van der Waals surface area contributed by atoms with Gasteiger partial charge in [0.05, 0.1) is 17.8 Å². The lowest BCUT2D eigenvalue weighted by molar-refractivity contribution is 0.419. The van der Waals surface area contributed by atoms with E-state index in [0.29, 0.717) is 16.3 Å². The van der Waals surface area contributed by atoms with Crippen LogP contribution in [-0.4, -0.2) is 12.1 Å². The Morgan fingerprint density at radius 3 is 2.71 bits per heavy atom. The van der Waals surface area contributed by atoms with Gasteiger partial charge in [0, 0.05) is 11.1 Å². The number of pyridine rings is 1. The zero-order valence-corrected chi connectivity index (χ0v) is 11.0. The van der Waals surface area contributed by atoms with Crippen LogP contribution in [0.5, 0.6) is 5.75 Å². The predicted molar refractivity (Wildman–Crippen MR) is 73.1 cm³/mol. The quantitative estimate of drug-likeness (QED) is 0.653. The van der Waals surface area contributed by atoms with Crippen LogP contribution in [0.1, 0.15) is 5.69 Å². The highest BCUT2D eigenvalue weighted by molar-refractivity contribution is 6.36. The van der Waals surface area contributed by atoms with Gasteiger partial charge in [-0.25, -0.2) is 4.98 Å². The lowest BCUT2D eigenvalue weighted by Gasteiger charge is -2.11. The number of aryl methyl sites for hydroxylation is 1. The van der Waals surface area contributed by atoms with Gasteiger partial charge in [-0.1, -0.05) is 11.6 Å². The zero-order chi connectivity index (χ0) is 11.7. The largest absolute Gasteiger partial charge is 0.494 e. The summed E-state index contributed by atoms with van der Waals surface area (Å²) in [6, 6.07) is 5.39. The second-order valence-electron chi connectivity index (χ2n) is 3.43. The van der Waals surface area contributed by atoms with E-state index in [4.69, 9.17) is 22.2 Å². The summed E-state index contributed by atoms with van der Waals surface area (Å²) in [6.45, 7) is 1.89. The van der Waals surface area contributed by atoms with E-state index >= 15 is 0 Å². The lowest BCUT2D eigenvalue weighted by atomic mass is 10.1. The first-order chi connectivity index (χ1) is 7.67. The smallest absolute Gasteiger partial charge is 0.145 e. The molecule has 3 N–H and O–H groups in total. The molecule has 1 heterocycles. The van der Waals surface area contributed by atoms with Gasteiger partial charge in [-0.3, -0.25) is 5.84 Å². The average molecular weight is 274 g/mol. The van der Waals surface area contributed by atoms with E-state index in [0.717, 1.165) is 16.8 Å². The number of nitrogens with one attached hydrogen (secondary N) is 1. The summed E-state index contributed by atoms with van der Waals surface area (Å²) in [7, 11) is 1.60. The Bertz CT molecular complexity index is 546. The molecule has 0 aliphatic heterocycles. The molecule has 0 amide bonds. The summed E-state index contributed by atoms with van der Waals surface area (Å²) in [6.07, 6.45) is 0. The third kappa shape index (κ3) is 2.39. The number of rotatable bonds is 2. The van der Waals surface area contributed by atoms with Crippen LogP contribution in [0, 0.1) is 6.92 Å². The minimum absolute atomic E-state index is 0. The monoisotopic (exact) mass is 273 g/mol. The van der Waals surface area contributed by atoms with Crippen molar-refractivity contribution in [3.05, 3.63) is 28.9 Å². The number of hydrogen-bond donors (Lipinski definition) is 2. The number of anilines is 1. The highest BCUT2D eigenvalue weighted by Gasteiger charge is 2.11. The molecule has 0 spiro atoms. The number of hydrazine groups is 1. The molecule has 2 aromatic rings. The van der Waals surface area contributed by atoms with Crippen molar-refractivity contribution in [1.82, 2.24) is 4.98 Å². The van der Waals surface area contributed by atoms with Gasteiger partial charge >= 0.3 is 0 Å². The molecule has 92 valence electrons. The normalized spacial score (nSPS) is 9.88. The molecule has 0 unspecified atom stereocenters. The van der Waals surface area contributed by atoms with E-state index in [-0.39, 0.29) is 12.4 Å². The molecule has 0 atom stereocenters. The standard InChI is InChI=1S/C11H12ClN3O.ClH/c1-6-5-8(15-13)10-7(12)3-4-9(16-2)11(10)14-6;/h3-5H,13H2,1-2H3,(H,14,15);1H. The Morgan fingerprint density at radius 2 is 2.12 bits per heavy atom. The predicted octanol–water partition coefficient (Wildman–Crippen LogP) is 2.91. The van der Waals surface area contributed by atoms with E-state index in [1.165, 1.54) is 0 Å². The Hall–Kier alpha value is -1.23. The molecule has 0 bridgehead atoms. The summed E-state index contributed by atoms with van der Waals surface area (Å²) < 4.78 is 5.25. The number of fused-ring (bicyclic) bond motifs is 1. The van der Waals surface area contributed by atoms with Gasteiger partial charge in [-0.2, -0.15) is 0 Å². The molecule has 2 rings (SSSR count). The minimum Gasteiger partial charge on any atom is -0.494 e. The Kier molecular flexibility index (Phi) is 4.40. The number of aromatic nitrogens is 1. The second-order valence-corrected chi connectivity index (χ2v) is 3.84. The average Bonchev–Trinajstić information content (AvgIpc) is 2.28. The third-order valence-electron chi connectivity index (χ3n) is 2.38. The lowest BCUT2D eigenvalue weighted by Crippen LogP contribution is -2.08.